The molecule has 1 aliphatic carbocycles. The monoisotopic (exact) mass is 396 g/mol. The predicted molar refractivity (Wildman–Crippen MR) is 93.1 cm³/mol. The molecular weight excluding hydrogens is 373 g/mol. The zero-order valence-electron chi connectivity index (χ0n) is 14.2. The Balaban J connectivity index is 0.00000338. The lowest BCUT2D eigenvalue weighted by Gasteiger charge is -2.26. The van der Waals surface area contributed by atoms with Gasteiger partial charge < -0.3 is 20.9 Å². The number of ether oxygens (including phenoxy) is 1. The molecule has 0 spiro atoms. The second-order valence-corrected chi connectivity index (χ2v) is 6.36. The molecule has 26 heavy (non-hydrogen) atoms. The molecule has 3 atom stereocenters. The summed E-state index contributed by atoms with van der Waals surface area (Å²) in [4.78, 5) is 12.0. The molecule has 9 heteroatoms. The van der Waals surface area contributed by atoms with Crippen LogP contribution >= 0.6 is 12.4 Å². The normalized spacial score (nSPS) is 21.4. The van der Waals surface area contributed by atoms with Gasteiger partial charge in [-0.05, 0) is 37.5 Å². The van der Waals surface area contributed by atoms with Gasteiger partial charge in [-0.15, -0.1) is 12.4 Å². The van der Waals surface area contributed by atoms with Gasteiger partial charge in [0.1, 0.15) is 18.5 Å². The van der Waals surface area contributed by atoms with E-state index in [-0.39, 0.29) is 49.2 Å². The highest BCUT2D eigenvalue weighted by atomic mass is 35.5. The van der Waals surface area contributed by atoms with Crippen LogP contribution in [0.4, 0.5) is 13.2 Å². The van der Waals surface area contributed by atoms with Crippen molar-refractivity contribution in [1.29, 1.82) is 0 Å². The minimum absolute atomic E-state index is 0. The molecule has 1 aromatic carbocycles. The van der Waals surface area contributed by atoms with Crippen molar-refractivity contribution >= 4 is 18.3 Å². The molecule has 0 radical (unpaired) electrons. The molecule has 0 aromatic heterocycles. The summed E-state index contributed by atoms with van der Waals surface area (Å²) in [6.45, 7) is -0.241. The summed E-state index contributed by atoms with van der Waals surface area (Å²) in [7, 11) is 0. The lowest BCUT2D eigenvalue weighted by Crippen LogP contribution is -2.41. The van der Waals surface area contributed by atoms with Gasteiger partial charge in [-0.2, -0.15) is 13.2 Å². The summed E-state index contributed by atoms with van der Waals surface area (Å²) in [5.74, 6) is -0.299. The lowest BCUT2D eigenvalue weighted by molar-refractivity contribution is -0.137. The van der Waals surface area contributed by atoms with E-state index in [2.05, 4.69) is 5.32 Å². The average Bonchev–Trinajstić information content (AvgIpc) is 2.57. The molecule has 0 heterocycles. The predicted octanol–water partition coefficient (Wildman–Crippen LogP) is 2.50. The number of aliphatic hydroxyl groups excluding tert-OH is 1. The van der Waals surface area contributed by atoms with Crippen molar-refractivity contribution in [3.05, 3.63) is 29.8 Å². The molecule has 148 valence electrons. The van der Waals surface area contributed by atoms with Crippen LogP contribution in [0, 0.1) is 5.92 Å². The molecule has 1 saturated carbocycles. The highest BCUT2D eigenvalue weighted by Gasteiger charge is 2.30. The first-order chi connectivity index (χ1) is 11.8. The first-order valence-electron chi connectivity index (χ1n) is 8.27. The second kappa shape index (κ2) is 9.99. The topological polar surface area (TPSA) is 84.6 Å². The molecule has 1 amide bonds. The largest absolute Gasteiger partial charge is 0.491 e. The van der Waals surface area contributed by atoms with Crippen molar-refractivity contribution in [3.8, 4) is 5.75 Å². The van der Waals surface area contributed by atoms with E-state index >= 15 is 0 Å². The quantitative estimate of drug-likeness (QED) is 0.689. The van der Waals surface area contributed by atoms with Crippen LogP contribution in [0.3, 0.4) is 0 Å². The van der Waals surface area contributed by atoms with Gasteiger partial charge in [0.25, 0.3) is 0 Å². The Morgan fingerprint density at radius 3 is 2.77 bits per heavy atom. The average molecular weight is 397 g/mol. The van der Waals surface area contributed by atoms with Crippen LogP contribution < -0.4 is 15.8 Å². The summed E-state index contributed by atoms with van der Waals surface area (Å²) >= 11 is 0. The smallest absolute Gasteiger partial charge is 0.416 e. The molecular formula is C17H24ClF3N2O3. The zero-order valence-corrected chi connectivity index (χ0v) is 15.0. The van der Waals surface area contributed by atoms with Crippen molar-refractivity contribution in [2.45, 2.75) is 44.0 Å². The van der Waals surface area contributed by atoms with Crippen LogP contribution in [0.25, 0.3) is 0 Å². The fraction of sp³-hybridized carbons (Fsp3) is 0.588. The van der Waals surface area contributed by atoms with E-state index in [0.717, 1.165) is 31.4 Å². The van der Waals surface area contributed by atoms with E-state index in [0.29, 0.717) is 6.42 Å². The minimum atomic E-state index is -4.45. The van der Waals surface area contributed by atoms with Crippen molar-refractivity contribution in [1.82, 2.24) is 5.32 Å². The van der Waals surface area contributed by atoms with Crippen LogP contribution in [0.2, 0.25) is 0 Å². The van der Waals surface area contributed by atoms with E-state index in [1.807, 2.05) is 0 Å². The maximum absolute atomic E-state index is 12.6. The van der Waals surface area contributed by atoms with E-state index in [1.54, 1.807) is 0 Å². The molecule has 0 bridgehead atoms. The Bertz CT molecular complexity index is 587. The SMILES string of the molecule is Cl.NC1CCCC(C(=O)NCC(O)COc2cccc(C(F)(F)F)c2)C1. The number of alkyl halides is 3. The Morgan fingerprint density at radius 2 is 2.12 bits per heavy atom. The van der Waals surface area contributed by atoms with Gasteiger partial charge in [0.15, 0.2) is 0 Å². The van der Waals surface area contributed by atoms with Gasteiger partial charge >= 0.3 is 6.18 Å². The second-order valence-electron chi connectivity index (χ2n) is 6.36. The number of nitrogens with one attached hydrogen (secondary N) is 1. The van der Waals surface area contributed by atoms with Gasteiger partial charge in [-0.25, -0.2) is 0 Å². The third-order valence-corrected chi connectivity index (χ3v) is 4.20. The maximum Gasteiger partial charge on any atom is 0.416 e. The number of halogens is 4. The third kappa shape index (κ3) is 7.01. The third-order valence-electron chi connectivity index (χ3n) is 4.20. The summed E-state index contributed by atoms with van der Waals surface area (Å²) in [6.07, 6.45) is -2.25. The Labute approximate surface area is 156 Å². The van der Waals surface area contributed by atoms with E-state index in [9.17, 15) is 23.1 Å². The fourth-order valence-electron chi connectivity index (χ4n) is 2.84. The van der Waals surface area contributed by atoms with Gasteiger partial charge in [-0.3, -0.25) is 4.79 Å². The summed E-state index contributed by atoms with van der Waals surface area (Å²) in [5, 5.41) is 12.5. The molecule has 3 unspecified atom stereocenters. The number of carbonyl (C=O) groups excluding carboxylic acids is 1. The number of carbonyl (C=O) groups is 1. The maximum atomic E-state index is 12.6. The molecule has 2 rings (SSSR count). The van der Waals surface area contributed by atoms with Crippen LogP contribution in [0.15, 0.2) is 24.3 Å². The van der Waals surface area contributed by atoms with Crippen LogP contribution in [-0.4, -0.2) is 36.3 Å². The Hall–Kier alpha value is -1.51. The van der Waals surface area contributed by atoms with Crippen LogP contribution in [0.5, 0.6) is 5.75 Å². The zero-order chi connectivity index (χ0) is 18.4. The Morgan fingerprint density at radius 1 is 1.38 bits per heavy atom. The molecule has 1 aliphatic rings. The van der Waals surface area contributed by atoms with E-state index < -0.39 is 17.8 Å². The van der Waals surface area contributed by atoms with E-state index in [4.69, 9.17) is 10.5 Å². The van der Waals surface area contributed by atoms with Crippen molar-refractivity contribution in [3.63, 3.8) is 0 Å². The molecule has 1 fully saturated rings. The first-order valence-corrected chi connectivity index (χ1v) is 8.27. The molecule has 0 aliphatic heterocycles. The number of hydrogen-bond acceptors (Lipinski definition) is 4. The first kappa shape index (κ1) is 22.5. The fourth-order valence-corrected chi connectivity index (χ4v) is 2.84. The standard InChI is InChI=1S/C17H23F3N2O3.ClH/c18-17(19,20)12-4-2-6-15(8-12)25-10-14(23)9-22-16(24)11-3-1-5-13(21)7-11;/h2,4,6,8,11,13-14,23H,1,3,5,7,9-10,21H2,(H,22,24);1H. The van der Waals surface area contributed by atoms with Gasteiger partial charge in [0, 0.05) is 18.5 Å². The van der Waals surface area contributed by atoms with Crippen molar-refractivity contribution in [2.75, 3.05) is 13.2 Å². The summed E-state index contributed by atoms with van der Waals surface area (Å²) < 4.78 is 43.0. The van der Waals surface area contributed by atoms with Crippen molar-refractivity contribution < 1.29 is 27.8 Å². The molecule has 4 N–H and O–H groups in total. The number of rotatable bonds is 6. The van der Waals surface area contributed by atoms with Gasteiger partial charge in [0.2, 0.25) is 5.91 Å². The van der Waals surface area contributed by atoms with Crippen LogP contribution in [-0.2, 0) is 11.0 Å². The number of hydrogen-bond donors (Lipinski definition) is 3. The molecule has 5 nitrogen and oxygen atoms in total. The molecule has 0 saturated heterocycles. The van der Waals surface area contributed by atoms with Gasteiger partial charge in [-0.1, -0.05) is 12.5 Å². The Kier molecular flexibility index (Phi) is 8.66. The number of benzene rings is 1. The van der Waals surface area contributed by atoms with Gasteiger partial charge in [0.05, 0.1) is 5.56 Å². The number of amides is 1. The number of nitrogens with two attached hydrogens (primary N) is 1. The minimum Gasteiger partial charge on any atom is -0.491 e. The summed E-state index contributed by atoms with van der Waals surface area (Å²) in [6, 6.07) is 4.45. The summed E-state index contributed by atoms with van der Waals surface area (Å²) in [5.41, 5.74) is 5.03. The lowest BCUT2D eigenvalue weighted by atomic mass is 9.85. The van der Waals surface area contributed by atoms with E-state index in [1.165, 1.54) is 12.1 Å². The van der Waals surface area contributed by atoms with Crippen LogP contribution in [0.1, 0.15) is 31.2 Å². The highest BCUT2D eigenvalue weighted by Crippen LogP contribution is 2.31. The molecule has 1 aromatic rings. The van der Waals surface area contributed by atoms with Crippen molar-refractivity contribution in [2.24, 2.45) is 11.7 Å². The highest BCUT2D eigenvalue weighted by molar-refractivity contribution is 5.85. The number of aliphatic hydroxyl groups is 1.